The molecule has 2 nitrogen and oxygen atoms in total. The Balaban J connectivity index is 3.10. The second-order valence-electron chi connectivity index (χ2n) is 6.08. The van der Waals surface area contributed by atoms with Gasteiger partial charge in [0.15, 0.2) is 0 Å². The van der Waals surface area contributed by atoms with Crippen LogP contribution in [0.2, 0.25) is 0 Å². The molecule has 0 saturated heterocycles. The molecule has 0 radical (unpaired) electrons. The molecule has 0 bridgehead atoms. The minimum absolute atomic E-state index is 0.284. The number of hydrogen-bond acceptors (Lipinski definition) is 2. The van der Waals surface area contributed by atoms with Crippen molar-refractivity contribution in [3.8, 4) is 0 Å². The molecular weight excluding hydrogens is 234 g/mol. The third-order valence-electron chi connectivity index (χ3n) is 4.14. The summed E-state index contributed by atoms with van der Waals surface area (Å²) in [5, 5.41) is 12.5. The van der Waals surface area contributed by atoms with Gasteiger partial charge in [-0.25, -0.2) is 0 Å². The molecule has 0 heterocycles. The lowest BCUT2D eigenvalue weighted by Crippen LogP contribution is -2.34. The maximum atomic E-state index is 9.04. The zero-order chi connectivity index (χ0) is 14.3. The first-order chi connectivity index (χ1) is 9.22. The number of unbranched alkanes of at least 4 members (excludes halogenated alkanes) is 9. The Morgan fingerprint density at radius 2 is 1.26 bits per heavy atom. The van der Waals surface area contributed by atoms with Gasteiger partial charge in [0.1, 0.15) is 0 Å². The van der Waals surface area contributed by atoms with Gasteiger partial charge in [0.25, 0.3) is 0 Å². The maximum Gasteiger partial charge on any atom is 0.0471 e. The smallest absolute Gasteiger partial charge is 0.0471 e. The van der Waals surface area contributed by atoms with Gasteiger partial charge in [-0.3, -0.25) is 0 Å². The lowest BCUT2D eigenvalue weighted by atomic mass is 10.0. The summed E-state index contributed by atoms with van der Waals surface area (Å²) in [6.07, 6.45) is 13.9. The second kappa shape index (κ2) is 14.3. The van der Waals surface area contributed by atoms with E-state index in [2.05, 4.69) is 26.1 Å². The van der Waals surface area contributed by atoms with E-state index in [1.165, 1.54) is 64.2 Å². The monoisotopic (exact) mass is 271 g/mol. The average Bonchev–Trinajstić information content (AvgIpc) is 2.43. The van der Waals surface area contributed by atoms with Gasteiger partial charge >= 0.3 is 0 Å². The predicted molar refractivity (Wildman–Crippen MR) is 85.6 cm³/mol. The van der Waals surface area contributed by atoms with Gasteiger partial charge in [-0.1, -0.05) is 71.6 Å². The van der Waals surface area contributed by atoms with Crippen LogP contribution in [0.5, 0.6) is 0 Å². The average molecular weight is 271 g/mol. The molecule has 0 fully saturated rings. The van der Waals surface area contributed by atoms with Crippen LogP contribution in [0.4, 0.5) is 0 Å². The highest BCUT2D eigenvalue weighted by molar-refractivity contribution is 4.67. The molecule has 0 saturated carbocycles. The Bertz CT molecular complexity index is 173. The summed E-state index contributed by atoms with van der Waals surface area (Å²) in [5.74, 6) is 0.364. The zero-order valence-corrected chi connectivity index (χ0v) is 13.6. The minimum atomic E-state index is 0.284. The van der Waals surface area contributed by atoms with E-state index in [0.29, 0.717) is 12.0 Å². The van der Waals surface area contributed by atoms with Crippen LogP contribution in [0.1, 0.15) is 85.0 Å². The van der Waals surface area contributed by atoms with E-state index in [1.807, 2.05) is 0 Å². The molecule has 0 aliphatic carbocycles. The summed E-state index contributed by atoms with van der Waals surface area (Å²) in [5.41, 5.74) is 0. The van der Waals surface area contributed by atoms with Crippen LogP contribution in [0.15, 0.2) is 0 Å². The van der Waals surface area contributed by atoms with Gasteiger partial charge < -0.3 is 10.4 Å². The van der Waals surface area contributed by atoms with Crippen LogP contribution >= 0.6 is 0 Å². The lowest BCUT2D eigenvalue weighted by Gasteiger charge is -2.19. The van der Waals surface area contributed by atoms with Crippen molar-refractivity contribution in [1.29, 1.82) is 0 Å². The normalized spacial score (nSPS) is 14.5. The highest BCUT2D eigenvalue weighted by atomic mass is 16.3. The van der Waals surface area contributed by atoms with Crippen molar-refractivity contribution in [3.63, 3.8) is 0 Å². The Hall–Kier alpha value is -0.0800. The highest BCUT2D eigenvalue weighted by Gasteiger charge is 2.08. The number of hydrogen-bond donors (Lipinski definition) is 2. The van der Waals surface area contributed by atoms with Crippen molar-refractivity contribution in [1.82, 2.24) is 5.32 Å². The van der Waals surface area contributed by atoms with Crippen molar-refractivity contribution < 1.29 is 5.11 Å². The van der Waals surface area contributed by atoms with Gasteiger partial charge in [-0.05, 0) is 25.8 Å². The number of nitrogens with one attached hydrogen (secondary N) is 1. The summed E-state index contributed by atoms with van der Waals surface area (Å²) in [7, 11) is 0. The summed E-state index contributed by atoms with van der Waals surface area (Å²) >= 11 is 0. The van der Waals surface area contributed by atoms with E-state index in [0.717, 1.165) is 6.54 Å². The molecule has 0 amide bonds. The Labute approximate surface area is 121 Å². The molecule has 0 rings (SSSR count). The zero-order valence-electron chi connectivity index (χ0n) is 13.6. The molecule has 0 aromatic heterocycles. The van der Waals surface area contributed by atoms with Crippen molar-refractivity contribution >= 4 is 0 Å². The molecule has 116 valence electrons. The Morgan fingerprint density at radius 1 is 0.789 bits per heavy atom. The standard InChI is InChI=1S/C17H37NO/c1-4-5-6-7-8-9-10-11-12-13-14-18-17(3)16(2)15-19/h16-19H,4-15H2,1-3H3. The molecular formula is C17H37NO. The van der Waals surface area contributed by atoms with Crippen molar-refractivity contribution in [2.45, 2.75) is 91.0 Å². The van der Waals surface area contributed by atoms with Gasteiger partial charge in [0.2, 0.25) is 0 Å². The van der Waals surface area contributed by atoms with Crippen LogP contribution in [0.3, 0.4) is 0 Å². The molecule has 0 spiro atoms. The largest absolute Gasteiger partial charge is 0.396 e. The third kappa shape index (κ3) is 12.7. The lowest BCUT2D eigenvalue weighted by molar-refractivity contribution is 0.207. The second-order valence-corrected chi connectivity index (χ2v) is 6.08. The van der Waals surface area contributed by atoms with Gasteiger partial charge in [0, 0.05) is 12.6 Å². The summed E-state index contributed by atoms with van der Waals surface area (Å²) < 4.78 is 0. The summed E-state index contributed by atoms with van der Waals surface area (Å²) in [4.78, 5) is 0. The summed E-state index contributed by atoms with van der Waals surface area (Å²) in [6.45, 7) is 7.91. The molecule has 2 unspecified atom stereocenters. The van der Waals surface area contributed by atoms with Crippen molar-refractivity contribution in [3.05, 3.63) is 0 Å². The molecule has 0 aliphatic rings. The first-order valence-corrected chi connectivity index (χ1v) is 8.56. The molecule has 2 N–H and O–H groups in total. The highest BCUT2D eigenvalue weighted by Crippen LogP contribution is 2.10. The molecule has 2 atom stereocenters. The Kier molecular flexibility index (Phi) is 14.3. The number of rotatable bonds is 14. The van der Waals surface area contributed by atoms with Crippen LogP contribution in [0.25, 0.3) is 0 Å². The molecule has 0 aromatic carbocycles. The number of aliphatic hydroxyl groups excluding tert-OH is 1. The molecule has 0 aliphatic heterocycles. The minimum Gasteiger partial charge on any atom is -0.396 e. The van der Waals surface area contributed by atoms with E-state index in [-0.39, 0.29) is 6.61 Å². The van der Waals surface area contributed by atoms with E-state index in [1.54, 1.807) is 0 Å². The number of aliphatic hydroxyl groups is 1. The Morgan fingerprint density at radius 3 is 1.74 bits per heavy atom. The van der Waals surface area contributed by atoms with Crippen molar-refractivity contribution in [2.75, 3.05) is 13.2 Å². The topological polar surface area (TPSA) is 32.3 Å². The van der Waals surface area contributed by atoms with E-state index in [4.69, 9.17) is 5.11 Å². The van der Waals surface area contributed by atoms with Crippen LogP contribution in [-0.4, -0.2) is 24.3 Å². The quantitative estimate of drug-likeness (QED) is 0.455. The molecule has 0 aromatic rings. The van der Waals surface area contributed by atoms with Gasteiger partial charge in [-0.2, -0.15) is 0 Å². The summed E-state index contributed by atoms with van der Waals surface area (Å²) in [6, 6.07) is 0.434. The molecule has 2 heteroatoms. The van der Waals surface area contributed by atoms with Crippen LogP contribution in [-0.2, 0) is 0 Å². The molecule has 19 heavy (non-hydrogen) atoms. The van der Waals surface area contributed by atoms with E-state index < -0.39 is 0 Å². The fourth-order valence-corrected chi connectivity index (χ4v) is 2.30. The van der Waals surface area contributed by atoms with Gasteiger partial charge in [0.05, 0.1) is 0 Å². The van der Waals surface area contributed by atoms with Gasteiger partial charge in [-0.15, -0.1) is 0 Å². The van der Waals surface area contributed by atoms with E-state index in [9.17, 15) is 0 Å². The fraction of sp³-hybridized carbons (Fsp3) is 1.00. The first kappa shape index (κ1) is 18.9. The maximum absolute atomic E-state index is 9.04. The third-order valence-corrected chi connectivity index (χ3v) is 4.14. The van der Waals surface area contributed by atoms with Crippen LogP contribution in [0, 0.1) is 5.92 Å². The van der Waals surface area contributed by atoms with E-state index >= 15 is 0 Å². The first-order valence-electron chi connectivity index (χ1n) is 8.56. The SMILES string of the molecule is CCCCCCCCCCCCNC(C)C(C)CO. The van der Waals surface area contributed by atoms with Crippen LogP contribution < -0.4 is 5.32 Å². The van der Waals surface area contributed by atoms with Crippen molar-refractivity contribution in [2.24, 2.45) is 5.92 Å². The fourth-order valence-electron chi connectivity index (χ4n) is 2.30. The predicted octanol–water partition coefficient (Wildman–Crippen LogP) is 4.51.